The summed E-state index contributed by atoms with van der Waals surface area (Å²) in [6, 6.07) is 5.20. The molecule has 4 nitrogen and oxygen atoms in total. The van der Waals surface area contributed by atoms with Gasteiger partial charge < -0.3 is 15.4 Å². The van der Waals surface area contributed by atoms with Crippen LogP contribution in [0.15, 0.2) is 18.2 Å². The number of carbonyl (C=O) groups is 1. The molecule has 1 amide bonds. The molecule has 5 heteroatoms. The van der Waals surface area contributed by atoms with Gasteiger partial charge in [0, 0.05) is 18.1 Å². The lowest BCUT2D eigenvalue weighted by molar-refractivity contribution is 0.0772. The Kier molecular flexibility index (Phi) is 5.12. The van der Waals surface area contributed by atoms with Crippen molar-refractivity contribution in [3.63, 3.8) is 0 Å². The van der Waals surface area contributed by atoms with Crippen molar-refractivity contribution >= 4 is 17.5 Å². The highest BCUT2D eigenvalue weighted by molar-refractivity contribution is 6.31. The first-order chi connectivity index (χ1) is 9.99. The molecule has 1 aromatic rings. The minimum absolute atomic E-state index is 0.0126. The van der Waals surface area contributed by atoms with E-state index in [-0.39, 0.29) is 11.3 Å². The Bertz CT molecular complexity index is 521. The van der Waals surface area contributed by atoms with E-state index < -0.39 is 0 Å². The standard InChI is InChI=1S/C16H23ClN2O2/c1-3-8-21-14-5-4-12(17)9-13(14)15(20)19-7-6-16(2,10-18)11-19/h4-5,9H,3,6-8,10-11,18H2,1-2H3. The third kappa shape index (κ3) is 3.69. The largest absolute Gasteiger partial charge is 0.493 e. The first-order valence-corrected chi connectivity index (χ1v) is 7.78. The van der Waals surface area contributed by atoms with Crippen molar-refractivity contribution in [1.29, 1.82) is 0 Å². The number of nitrogens with two attached hydrogens (primary N) is 1. The molecule has 1 atom stereocenters. The molecule has 21 heavy (non-hydrogen) atoms. The number of ether oxygens (including phenoxy) is 1. The third-order valence-electron chi connectivity index (χ3n) is 3.97. The molecule has 0 saturated carbocycles. The zero-order valence-corrected chi connectivity index (χ0v) is 13.4. The van der Waals surface area contributed by atoms with Crippen molar-refractivity contribution in [1.82, 2.24) is 4.90 Å². The van der Waals surface area contributed by atoms with Crippen LogP contribution in [0.5, 0.6) is 5.75 Å². The lowest BCUT2D eigenvalue weighted by Gasteiger charge is -2.23. The Morgan fingerprint density at radius 3 is 2.90 bits per heavy atom. The van der Waals surface area contributed by atoms with Crippen LogP contribution in [-0.4, -0.2) is 37.0 Å². The molecule has 1 aliphatic heterocycles. The average molecular weight is 311 g/mol. The molecule has 0 aliphatic carbocycles. The van der Waals surface area contributed by atoms with Crippen LogP contribution in [0.4, 0.5) is 0 Å². The molecule has 1 heterocycles. The zero-order valence-electron chi connectivity index (χ0n) is 12.7. The highest BCUT2D eigenvalue weighted by Crippen LogP contribution is 2.32. The van der Waals surface area contributed by atoms with Gasteiger partial charge in [-0.1, -0.05) is 25.4 Å². The summed E-state index contributed by atoms with van der Waals surface area (Å²) in [6.07, 6.45) is 1.83. The van der Waals surface area contributed by atoms with Crippen LogP contribution in [0.1, 0.15) is 37.0 Å². The molecule has 0 bridgehead atoms. The van der Waals surface area contributed by atoms with Gasteiger partial charge in [-0.25, -0.2) is 0 Å². The second-order valence-electron chi connectivity index (χ2n) is 5.98. The maximum Gasteiger partial charge on any atom is 0.257 e. The van der Waals surface area contributed by atoms with Crippen LogP contribution in [-0.2, 0) is 0 Å². The molecule has 1 fully saturated rings. The molecule has 1 aliphatic rings. The molecule has 2 rings (SSSR count). The molecule has 0 aromatic heterocycles. The lowest BCUT2D eigenvalue weighted by Crippen LogP contribution is -2.34. The Balaban J connectivity index is 2.20. The van der Waals surface area contributed by atoms with E-state index >= 15 is 0 Å². The van der Waals surface area contributed by atoms with Crippen molar-refractivity contribution in [2.24, 2.45) is 11.1 Å². The van der Waals surface area contributed by atoms with E-state index in [0.717, 1.165) is 19.4 Å². The molecule has 0 spiro atoms. The van der Waals surface area contributed by atoms with E-state index in [1.54, 1.807) is 18.2 Å². The quantitative estimate of drug-likeness (QED) is 0.909. The fraction of sp³-hybridized carbons (Fsp3) is 0.562. The van der Waals surface area contributed by atoms with Crippen molar-refractivity contribution in [3.8, 4) is 5.75 Å². The molecule has 116 valence electrons. The number of halogens is 1. The fourth-order valence-corrected chi connectivity index (χ4v) is 2.71. The predicted molar refractivity (Wildman–Crippen MR) is 84.9 cm³/mol. The Morgan fingerprint density at radius 2 is 2.29 bits per heavy atom. The maximum atomic E-state index is 12.7. The number of nitrogens with zero attached hydrogens (tertiary/aromatic N) is 1. The van der Waals surface area contributed by atoms with Crippen molar-refractivity contribution in [2.45, 2.75) is 26.7 Å². The van der Waals surface area contributed by atoms with Crippen LogP contribution >= 0.6 is 11.6 Å². The molecular weight excluding hydrogens is 288 g/mol. The normalized spacial score (nSPS) is 21.6. The summed E-state index contributed by atoms with van der Waals surface area (Å²) in [4.78, 5) is 14.6. The van der Waals surface area contributed by atoms with Gasteiger partial charge >= 0.3 is 0 Å². The second-order valence-corrected chi connectivity index (χ2v) is 6.42. The summed E-state index contributed by atoms with van der Waals surface area (Å²) in [6.45, 7) is 6.74. The smallest absolute Gasteiger partial charge is 0.257 e. The number of amides is 1. The molecule has 1 unspecified atom stereocenters. The summed E-state index contributed by atoms with van der Waals surface area (Å²) in [5.74, 6) is 0.577. The first kappa shape index (κ1) is 16.1. The minimum atomic E-state index is -0.0271. The van der Waals surface area contributed by atoms with E-state index in [1.807, 2.05) is 11.8 Å². The van der Waals surface area contributed by atoms with Gasteiger partial charge in [-0.15, -0.1) is 0 Å². The van der Waals surface area contributed by atoms with E-state index in [2.05, 4.69) is 6.92 Å². The van der Waals surface area contributed by atoms with Gasteiger partial charge in [0.25, 0.3) is 5.91 Å². The number of rotatable bonds is 5. The van der Waals surface area contributed by atoms with Gasteiger partial charge in [0.2, 0.25) is 0 Å². The summed E-state index contributed by atoms with van der Waals surface area (Å²) in [7, 11) is 0. The van der Waals surface area contributed by atoms with E-state index in [1.165, 1.54) is 0 Å². The zero-order chi connectivity index (χ0) is 15.5. The first-order valence-electron chi connectivity index (χ1n) is 7.41. The van der Waals surface area contributed by atoms with Crippen LogP contribution < -0.4 is 10.5 Å². The van der Waals surface area contributed by atoms with Gasteiger partial charge in [0.15, 0.2) is 0 Å². The van der Waals surface area contributed by atoms with Crippen LogP contribution in [0.3, 0.4) is 0 Å². The molecule has 2 N–H and O–H groups in total. The van der Waals surface area contributed by atoms with Crippen molar-refractivity contribution in [3.05, 3.63) is 28.8 Å². The Morgan fingerprint density at radius 1 is 1.52 bits per heavy atom. The molecule has 0 radical (unpaired) electrons. The Hall–Kier alpha value is -1.26. The van der Waals surface area contributed by atoms with E-state index in [9.17, 15) is 4.79 Å². The minimum Gasteiger partial charge on any atom is -0.493 e. The highest BCUT2D eigenvalue weighted by atomic mass is 35.5. The molecule has 1 saturated heterocycles. The SMILES string of the molecule is CCCOc1ccc(Cl)cc1C(=O)N1CCC(C)(CN)C1. The van der Waals surface area contributed by atoms with E-state index in [0.29, 0.717) is 36.0 Å². The van der Waals surface area contributed by atoms with Gasteiger partial charge in [-0.2, -0.15) is 0 Å². The number of benzene rings is 1. The Labute approximate surface area is 131 Å². The van der Waals surface area contributed by atoms with Gasteiger partial charge in [-0.05, 0) is 43.0 Å². The van der Waals surface area contributed by atoms with Crippen LogP contribution in [0, 0.1) is 5.41 Å². The number of hydrogen-bond donors (Lipinski definition) is 1. The number of likely N-dealkylation sites (tertiary alicyclic amines) is 1. The lowest BCUT2D eigenvalue weighted by atomic mass is 9.90. The average Bonchev–Trinajstić information content (AvgIpc) is 2.88. The maximum absolute atomic E-state index is 12.7. The summed E-state index contributed by atoms with van der Waals surface area (Å²) >= 11 is 6.04. The van der Waals surface area contributed by atoms with Crippen LogP contribution in [0.25, 0.3) is 0 Å². The predicted octanol–water partition coefficient (Wildman–Crippen LogP) is 2.94. The summed E-state index contributed by atoms with van der Waals surface area (Å²) < 4.78 is 5.67. The second kappa shape index (κ2) is 6.67. The summed E-state index contributed by atoms with van der Waals surface area (Å²) in [5.41, 5.74) is 6.36. The highest BCUT2D eigenvalue weighted by Gasteiger charge is 2.35. The van der Waals surface area contributed by atoms with Crippen LogP contribution in [0.2, 0.25) is 5.02 Å². The number of hydrogen-bond acceptors (Lipinski definition) is 3. The monoisotopic (exact) mass is 310 g/mol. The molecule has 1 aromatic carbocycles. The van der Waals surface area contributed by atoms with Gasteiger partial charge in [-0.3, -0.25) is 4.79 Å². The topological polar surface area (TPSA) is 55.6 Å². The van der Waals surface area contributed by atoms with Crippen molar-refractivity contribution in [2.75, 3.05) is 26.2 Å². The molecular formula is C16H23ClN2O2. The third-order valence-corrected chi connectivity index (χ3v) is 4.21. The summed E-state index contributed by atoms with van der Waals surface area (Å²) in [5, 5.41) is 0.544. The fourth-order valence-electron chi connectivity index (χ4n) is 2.54. The van der Waals surface area contributed by atoms with Gasteiger partial charge in [0.05, 0.1) is 12.2 Å². The van der Waals surface area contributed by atoms with E-state index in [4.69, 9.17) is 22.1 Å². The number of carbonyl (C=O) groups excluding carboxylic acids is 1. The van der Waals surface area contributed by atoms with Gasteiger partial charge in [0.1, 0.15) is 5.75 Å². The van der Waals surface area contributed by atoms with Crippen molar-refractivity contribution < 1.29 is 9.53 Å².